The number of esters is 1. The smallest absolute Gasteiger partial charge is 0.308 e. The molecule has 2 aromatic rings. The Balaban J connectivity index is 2.01. The van der Waals surface area contributed by atoms with E-state index >= 15 is 0 Å². The van der Waals surface area contributed by atoms with Crippen molar-refractivity contribution in [2.24, 2.45) is 0 Å². The van der Waals surface area contributed by atoms with E-state index in [0.717, 1.165) is 12.8 Å². The molecule has 0 fully saturated rings. The van der Waals surface area contributed by atoms with Crippen LogP contribution in [0.3, 0.4) is 0 Å². The summed E-state index contributed by atoms with van der Waals surface area (Å²) >= 11 is 0. The lowest BCUT2D eigenvalue weighted by atomic mass is 9.96. The molecule has 0 saturated heterocycles. The van der Waals surface area contributed by atoms with Gasteiger partial charge in [-0.1, -0.05) is 106 Å². The molecule has 0 bridgehead atoms. The van der Waals surface area contributed by atoms with Gasteiger partial charge in [0.2, 0.25) is 5.78 Å². The first-order valence-corrected chi connectivity index (χ1v) is 10.2. The summed E-state index contributed by atoms with van der Waals surface area (Å²) < 4.78 is 5.35. The average Bonchev–Trinajstić information content (AvgIpc) is 2.73. The Kier molecular flexibility index (Phi) is 8.89. The van der Waals surface area contributed by atoms with Gasteiger partial charge in [0, 0.05) is 17.5 Å². The fourth-order valence-corrected chi connectivity index (χ4v) is 3.13. The molecule has 4 heteroatoms. The molecule has 1 N–H and O–H groups in total. The molecule has 2 rings (SSSR count). The van der Waals surface area contributed by atoms with Gasteiger partial charge in [-0.25, -0.2) is 0 Å². The van der Waals surface area contributed by atoms with E-state index in [9.17, 15) is 14.7 Å². The van der Waals surface area contributed by atoms with E-state index in [1.54, 1.807) is 60.7 Å². The highest BCUT2D eigenvalue weighted by Crippen LogP contribution is 2.28. The number of aliphatic hydroxyl groups is 1. The number of ketones is 1. The zero-order valence-corrected chi connectivity index (χ0v) is 16.6. The normalized spacial score (nSPS) is 12.9. The summed E-state index contributed by atoms with van der Waals surface area (Å²) in [5.74, 6) is -3.53. The fourth-order valence-electron chi connectivity index (χ4n) is 3.13. The number of hydrogen-bond donors (Lipinski definition) is 1. The molecule has 0 heterocycles. The predicted octanol–water partition coefficient (Wildman–Crippen LogP) is 5.40. The third kappa shape index (κ3) is 6.31. The third-order valence-electron chi connectivity index (χ3n) is 4.75. The van der Waals surface area contributed by atoms with Crippen molar-refractivity contribution in [1.82, 2.24) is 0 Å². The van der Waals surface area contributed by atoms with Gasteiger partial charge in [0.25, 0.3) is 0 Å². The van der Waals surface area contributed by atoms with Crippen LogP contribution < -0.4 is 0 Å². The highest BCUT2D eigenvalue weighted by atomic mass is 16.7. The minimum absolute atomic E-state index is 0.186. The first kappa shape index (κ1) is 21.8. The number of hydrogen-bond acceptors (Lipinski definition) is 4. The molecule has 0 radical (unpaired) electrons. The molecule has 1 atom stereocenters. The summed E-state index contributed by atoms with van der Waals surface area (Å²) in [5.41, 5.74) is 0.536. The molecule has 4 nitrogen and oxygen atoms in total. The Bertz CT molecular complexity index is 727. The molecule has 0 saturated carbocycles. The van der Waals surface area contributed by atoms with E-state index < -0.39 is 17.5 Å². The zero-order valence-electron chi connectivity index (χ0n) is 16.6. The SMILES string of the molecule is CCCCCCCCCC(=O)OC(O)(C(=O)c1ccccc1)c1ccccc1. The van der Waals surface area contributed by atoms with Gasteiger partial charge in [-0.15, -0.1) is 0 Å². The van der Waals surface area contributed by atoms with Crippen LogP contribution in [0.1, 0.15) is 74.2 Å². The molecular formula is C24H30O4. The maximum absolute atomic E-state index is 13.0. The molecule has 2 aromatic carbocycles. The van der Waals surface area contributed by atoms with Gasteiger partial charge in [0.15, 0.2) is 0 Å². The van der Waals surface area contributed by atoms with Crippen LogP contribution in [-0.4, -0.2) is 16.9 Å². The van der Waals surface area contributed by atoms with E-state index in [2.05, 4.69) is 6.92 Å². The lowest BCUT2D eigenvalue weighted by molar-refractivity contribution is -0.193. The second-order valence-electron chi connectivity index (χ2n) is 7.05. The Morgan fingerprint density at radius 3 is 1.96 bits per heavy atom. The third-order valence-corrected chi connectivity index (χ3v) is 4.75. The summed E-state index contributed by atoms with van der Waals surface area (Å²) in [4.78, 5) is 25.3. The van der Waals surface area contributed by atoms with Crippen molar-refractivity contribution in [3.8, 4) is 0 Å². The van der Waals surface area contributed by atoms with Crippen LogP contribution in [0.15, 0.2) is 60.7 Å². The van der Waals surface area contributed by atoms with Crippen LogP contribution >= 0.6 is 0 Å². The van der Waals surface area contributed by atoms with Gasteiger partial charge in [0.1, 0.15) is 0 Å². The molecule has 0 aromatic heterocycles. The van der Waals surface area contributed by atoms with Crippen LogP contribution in [0.4, 0.5) is 0 Å². The molecule has 0 amide bonds. The quantitative estimate of drug-likeness (QED) is 0.231. The van der Waals surface area contributed by atoms with E-state index in [-0.39, 0.29) is 17.5 Å². The van der Waals surface area contributed by atoms with Gasteiger partial charge in [0.05, 0.1) is 0 Å². The van der Waals surface area contributed by atoms with E-state index in [0.29, 0.717) is 6.42 Å². The number of carbonyl (C=O) groups is 2. The minimum atomic E-state index is -2.32. The van der Waals surface area contributed by atoms with Crippen LogP contribution in [0.25, 0.3) is 0 Å². The largest absolute Gasteiger partial charge is 0.420 e. The second kappa shape index (κ2) is 11.4. The lowest BCUT2D eigenvalue weighted by Gasteiger charge is -2.27. The van der Waals surface area contributed by atoms with Crippen molar-refractivity contribution in [2.45, 2.75) is 64.1 Å². The van der Waals surface area contributed by atoms with Crippen molar-refractivity contribution >= 4 is 11.8 Å². The maximum Gasteiger partial charge on any atom is 0.308 e. The maximum atomic E-state index is 13.0. The van der Waals surface area contributed by atoms with Gasteiger partial charge >= 0.3 is 11.8 Å². The molecule has 28 heavy (non-hydrogen) atoms. The van der Waals surface area contributed by atoms with Gasteiger partial charge in [-0.3, -0.25) is 9.59 Å². The van der Waals surface area contributed by atoms with E-state index in [4.69, 9.17) is 4.74 Å². The molecule has 1 unspecified atom stereocenters. The predicted molar refractivity (Wildman–Crippen MR) is 110 cm³/mol. The summed E-state index contributed by atoms with van der Waals surface area (Å²) in [5, 5.41) is 11.1. The van der Waals surface area contributed by atoms with Crippen molar-refractivity contribution < 1.29 is 19.4 Å². The first-order valence-electron chi connectivity index (χ1n) is 10.2. The minimum Gasteiger partial charge on any atom is -0.420 e. The van der Waals surface area contributed by atoms with Crippen molar-refractivity contribution in [2.75, 3.05) is 0 Å². The molecule has 150 valence electrons. The summed E-state index contributed by atoms with van der Waals surface area (Å²) in [7, 11) is 0. The zero-order chi connectivity index (χ0) is 20.2. The van der Waals surface area contributed by atoms with Crippen molar-refractivity contribution in [3.05, 3.63) is 71.8 Å². The number of ether oxygens (including phenoxy) is 1. The van der Waals surface area contributed by atoms with Gasteiger partial charge in [-0.05, 0) is 6.42 Å². The van der Waals surface area contributed by atoms with Gasteiger partial charge < -0.3 is 9.84 Å². The summed E-state index contributed by atoms with van der Waals surface area (Å²) in [6.45, 7) is 2.18. The Hall–Kier alpha value is -2.46. The fraction of sp³-hybridized carbons (Fsp3) is 0.417. The average molecular weight is 383 g/mol. The van der Waals surface area contributed by atoms with Crippen LogP contribution in [-0.2, 0) is 15.3 Å². The van der Waals surface area contributed by atoms with E-state index in [1.165, 1.54) is 25.7 Å². The molecule has 0 spiro atoms. The lowest BCUT2D eigenvalue weighted by Crippen LogP contribution is -2.40. The molecule has 0 aliphatic heterocycles. The molecule has 0 aliphatic carbocycles. The molecule has 0 aliphatic rings. The molecular weight excluding hydrogens is 352 g/mol. The standard InChI is InChI=1S/C24H30O4/c1-2-3-4-5-6-7-14-19-22(25)28-24(27,21-17-12-9-13-18-21)23(26)20-15-10-8-11-16-20/h8-13,15-18,27H,2-7,14,19H2,1H3. The second-order valence-corrected chi connectivity index (χ2v) is 7.05. The van der Waals surface area contributed by atoms with Crippen LogP contribution in [0, 0.1) is 0 Å². The first-order chi connectivity index (χ1) is 13.6. The number of carbonyl (C=O) groups excluding carboxylic acids is 2. The van der Waals surface area contributed by atoms with E-state index in [1.807, 2.05) is 0 Å². The highest BCUT2D eigenvalue weighted by Gasteiger charge is 2.42. The van der Waals surface area contributed by atoms with Crippen molar-refractivity contribution in [3.63, 3.8) is 0 Å². The summed E-state index contributed by atoms with van der Waals surface area (Å²) in [6, 6.07) is 16.7. The number of Topliss-reactive ketones (excluding diaryl/α,β-unsaturated/α-hetero) is 1. The summed E-state index contributed by atoms with van der Waals surface area (Å²) in [6.07, 6.45) is 7.74. The van der Waals surface area contributed by atoms with Crippen LogP contribution in [0.2, 0.25) is 0 Å². The van der Waals surface area contributed by atoms with Gasteiger partial charge in [-0.2, -0.15) is 0 Å². The number of benzene rings is 2. The highest BCUT2D eigenvalue weighted by molar-refractivity contribution is 6.02. The Morgan fingerprint density at radius 1 is 0.821 bits per heavy atom. The van der Waals surface area contributed by atoms with Crippen LogP contribution in [0.5, 0.6) is 0 Å². The Morgan fingerprint density at radius 2 is 1.36 bits per heavy atom. The topological polar surface area (TPSA) is 63.6 Å². The monoisotopic (exact) mass is 382 g/mol. The number of rotatable bonds is 12. The van der Waals surface area contributed by atoms with Crippen molar-refractivity contribution in [1.29, 1.82) is 0 Å². The number of unbranched alkanes of at least 4 members (excludes halogenated alkanes) is 6. The Labute approximate surface area is 167 Å².